The molecule has 4 rings (SSSR count). The number of benzene rings is 3. The molecular formula is C27H26N2O6. The highest BCUT2D eigenvalue weighted by atomic mass is 16.5. The van der Waals surface area contributed by atoms with Gasteiger partial charge in [0.1, 0.15) is 6.61 Å². The summed E-state index contributed by atoms with van der Waals surface area (Å²) in [6.45, 7) is -0.139. The van der Waals surface area contributed by atoms with Crippen LogP contribution in [0.5, 0.6) is 0 Å². The maximum Gasteiger partial charge on any atom is 0.411 e. The zero-order chi connectivity index (χ0) is 24.8. The first-order valence-corrected chi connectivity index (χ1v) is 11.3. The van der Waals surface area contributed by atoms with Crippen LogP contribution in [0.4, 0.5) is 10.5 Å². The molecule has 0 radical (unpaired) electrons. The van der Waals surface area contributed by atoms with Crippen LogP contribution in [0.25, 0.3) is 11.1 Å². The largest absolute Gasteiger partial charge is 0.479 e. The number of fused-ring (bicyclic) bond motifs is 3. The molecule has 0 saturated carbocycles. The molecule has 8 nitrogen and oxygen atoms in total. The van der Waals surface area contributed by atoms with Gasteiger partial charge in [0.15, 0.2) is 6.10 Å². The lowest BCUT2D eigenvalue weighted by Gasteiger charge is -2.15. The fourth-order valence-corrected chi connectivity index (χ4v) is 4.20. The molecular weight excluding hydrogens is 448 g/mol. The number of nitrogens with one attached hydrogen (secondary N) is 2. The molecule has 0 aliphatic heterocycles. The monoisotopic (exact) mass is 474 g/mol. The first-order valence-electron chi connectivity index (χ1n) is 11.3. The van der Waals surface area contributed by atoms with Crippen molar-refractivity contribution >= 4 is 23.7 Å². The Morgan fingerprint density at radius 2 is 1.57 bits per heavy atom. The summed E-state index contributed by atoms with van der Waals surface area (Å²) in [4.78, 5) is 35.0. The predicted molar refractivity (Wildman–Crippen MR) is 130 cm³/mol. The third kappa shape index (κ3) is 5.85. The topological polar surface area (TPSA) is 125 Å². The van der Waals surface area contributed by atoms with Crippen LogP contribution in [0, 0.1) is 0 Å². The number of anilines is 1. The number of aliphatic hydroxyl groups is 1. The van der Waals surface area contributed by atoms with E-state index >= 15 is 0 Å². The first kappa shape index (κ1) is 24.0. The van der Waals surface area contributed by atoms with E-state index in [1.807, 2.05) is 30.3 Å². The van der Waals surface area contributed by atoms with Crippen LogP contribution < -0.4 is 10.6 Å². The molecule has 0 bridgehead atoms. The Bertz CT molecular complexity index is 1200. The van der Waals surface area contributed by atoms with E-state index < -0.39 is 18.2 Å². The number of carbonyl (C=O) groups excluding carboxylic acids is 2. The molecule has 3 aromatic rings. The summed E-state index contributed by atoms with van der Waals surface area (Å²) in [6.07, 6.45) is -1.70. The van der Waals surface area contributed by atoms with Gasteiger partial charge in [-0.25, -0.2) is 9.59 Å². The average Bonchev–Trinajstić information content (AvgIpc) is 3.18. The maximum absolute atomic E-state index is 12.5. The van der Waals surface area contributed by atoms with E-state index in [1.54, 1.807) is 18.2 Å². The van der Waals surface area contributed by atoms with Crippen molar-refractivity contribution in [3.05, 3.63) is 89.5 Å². The van der Waals surface area contributed by atoms with Crippen molar-refractivity contribution in [2.75, 3.05) is 18.5 Å². The van der Waals surface area contributed by atoms with E-state index in [0.29, 0.717) is 12.1 Å². The Labute approximate surface area is 202 Å². The summed E-state index contributed by atoms with van der Waals surface area (Å²) in [7, 11) is 0. The number of aliphatic carboxylic acids is 1. The first-order chi connectivity index (χ1) is 16.9. The minimum Gasteiger partial charge on any atom is -0.479 e. The zero-order valence-corrected chi connectivity index (χ0v) is 18.9. The number of amides is 2. The average molecular weight is 475 g/mol. The number of carbonyl (C=O) groups is 3. The Balaban J connectivity index is 1.30. The number of hydrogen-bond acceptors (Lipinski definition) is 5. The molecule has 4 N–H and O–H groups in total. The Morgan fingerprint density at radius 1 is 0.914 bits per heavy atom. The second-order valence-electron chi connectivity index (χ2n) is 8.31. The summed E-state index contributed by atoms with van der Waals surface area (Å²) >= 11 is 0. The van der Waals surface area contributed by atoms with E-state index in [1.165, 1.54) is 0 Å². The highest BCUT2D eigenvalue weighted by Crippen LogP contribution is 2.44. The summed E-state index contributed by atoms with van der Waals surface area (Å²) in [5.74, 6) is -1.80. The van der Waals surface area contributed by atoms with Gasteiger partial charge in [-0.1, -0.05) is 60.7 Å². The van der Waals surface area contributed by atoms with Gasteiger partial charge in [0.25, 0.3) is 0 Å². The fourth-order valence-electron chi connectivity index (χ4n) is 4.20. The molecule has 1 aliphatic carbocycles. The molecule has 180 valence electrons. The van der Waals surface area contributed by atoms with E-state index in [2.05, 4.69) is 34.9 Å². The van der Waals surface area contributed by atoms with E-state index in [4.69, 9.17) is 9.84 Å². The normalized spacial score (nSPS) is 12.8. The van der Waals surface area contributed by atoms with Crippen LogP contribution in [-0.2, 0) is 20.7 Å². The van der Waals surface area contributed by atoms with E-state index in [-0.39, 0.29) is 31.4 Å². The lowest BCUT2D eigenvalue weighted by Crippen LogP contribution is -2.36. The number of carboxylic acid groups (broad SMARTS) is 1. The van der Waals surface area contributed by atoms with Gasteiger partial charge in [-0.05, 0) is 46.4 Å². The minimum atomic E-state index is -1.64. The third-order valence-corrected chi connectivity index (χ3v) is 5.94. The summed E-state index contributed by atoms with van der Waals surface area (Å²) in [5, 5.41) is 23.0. The number of rotatable bonds is 9. The van der Waals surface area contributed by atoms with Crippen molar-refractivity contribution in [2.45, 2.75) is 24.9 Å². The molecule has 1 aliphatic rings. The minimum absolute atomic E-state index is 0.0300. The maximum atomic E-state index is 12.5. The molecule has 0 spiro atoms. The molecule has 0 saturated heterocycles. The Hall–Kier alpha value is -4.17. The van der Waals surface area contributed by atoms with Crippen molar-refractivity contribution < 1.29 is 29.3 Å². The van der Waals surface area contributed by atoms with Crippen molar-refractivity contribution in [1.82, 2.24) is 5.32 Å². The SMILES string of the molecule is O=C(CCc1cccc(NC(=O)OCC2c3ccccc3-c3ccccc32)c1)NCC(O)C(=O)O. The molecule has 0 aromatic heterocycles. The van der Waals surface area contributed by atoms with Crippen molar-refractivity contribution in [2.24, 2.45) is 0 Å². The van der Waals surface area contributed by atoms with Crippen molar-refractivity contribution in [3.8, 4) is 11.1 Å². The van der Waals surface area contributed by atoms with Gasteiger partial charge in [0.2, 0.25) is 5.91 Å². The molecule has 1 atom stereocenters. The van der Waals surface area contributed by atoms with Crippen LogP contribution in [-0.4, -0.2) is 47.4 Å². The quantitative estimate of drug-likeness (QED) is 0.376. The van der Waals surface area contributed by atoms with Crippen LogP contribution in [0.3, 0.4) is 0 Å². The smallest absolute Gasteiger partial charge is 0.411 e. The van der Waals surface area contributed by atoms with Gasteiger partial charge >= 0.3 is 12.1 Å². The summed E-state index contributed by atoms with van der Waals surface area (Å²) in [5.41, 5.74) is 5.95. The number of hydrogen-bond donors (Lipinski definition) is 4. The number of carboxylic acids is 1. The van der Waals surface area contributed by atoms with Crippen LogP contribution in [0.15, 0.2) is 72.8 Å². The fraction of sp³-hybridized carbons (Fsp3) is 0.222. The van der Waals surface area contributed by atoms with Gasteiger partial charge in [-0.2, -0.15) is 0 Å². The number of aliphatic hydroxyl groups excluding tert-OH is 1. The highest BCUT2D eigenvalue weighted by molar-refractivity contribution is 5.85. The van der Waals surface area contributed by atoms with Crippen LogP contribution in [0.2, 0.25) is 0 Å². The molecule has 2 amide bonds. The van der Waals surface area contributed by atoms with Gasteiger partial charge in [0.05, 0.1) is 6.54 Å². The third-order valence-electron chi connectivity index (χ3n) is 5.94. The van der Waals surface area contributed by atoms with Gasteiger partial charge in [0, 0.05) is 18.0 Å². The van der Waals surface area contributed by atoms with Crippen LogP contribution >= 0.6 is 0 Å². The van der Waals surface area contributed by atoms with Crippen molar-refractivity contribution in [1.29, 1.82) is 0 Å². The highest BCUT2D eigenvalue weighted by Gasteiger charge is 2.29. The molecule has 3 aromatic carbocycles. The molecule has 1 unspecified atom stereocenters. The lowest BCUT2D eigenvalue weighted by atomic mass is 9.98. The second kappa shape index (κ2) is 10.8. The second-order valence-corrected chi connectivity index (χ2v) is 8.31. The molecule has 0 fully saturated rings. The molecule has 35 heavy (non-hydrogen) atoms. The van der Waals surface area contributed by atoms with Gasteiger partial charge in [-0.3, -0.25) is 10.1 Å². The van der Waals surface area contributed by atoms with Crippen LogP contribution in [0.1, 0.15) is 29.0 Å². The van der Waals surface area contributed by atoms with Crippen molar-refractivity contribution in [3.63, 3.8) is 0 Å². The van der Waals surface area contributed by atoms with E-state index in [0.717, 1.165) is 27.8 Å². The number of ether oxygens (including phenoxy) is 1. The predicted octanol–water partition coefficient (Wildman–Crippen LogP) is 3.54. The summed E-state index contributed by atoms with van der Waals surface area (Å²) < 4.78 is 5.57. The lowest BCUT2D eigenvalue weighted by molar-refractivity contribution is -0.146. The molecule has 8 heteroatoms. The van der Waals surface area contributed by atoms with E-state index in [9.17, 15) is 19.5 Å². The molecule has 0 heterocycles. The number of aryl methyl sites for hydroxylation is 1. The standard InChI is InChI=1S/C27H26N2O6/c30-24(26(32)33)15-28-25(31)13-12-17-6-5-7-18(14-17)29-27(34)35-16-23-21-10-3-1-8-19(21)20-9-2-4-11-22(20)23/h1-11,14,23-24,30H,12-13,15-16H2,(H,28,31)(H,29,34)(H,32,33). The Kier molecular flexibility index (Phi) is 7.42. The van der Waals surface area contributed by atoms with Gasteiger partial charge < -0.3 is 20.3 Å². The zero-order valence-electron chi connectivity index (χ0n) is 18.9. The van der Waals surface area contributed by atoms with Gasteiger partial charge in [-0.15, -0.1) is 0 Å². The Morgan fingerprint density at radius 3 is 2.23 bits per heavy atom. The summed E-state index contributed by atoms with van der Waals surface area (Å²) in [6, 6.07) is 23.3.